The molecule has 0 unspecified atom stereocenters. The fraction of sp³-hybridized carbons (Fsp3) is 0.235. The van der Waals surface area contributed by atoms with Gasteiger partial charge in [0.15, 0.2) is 0 Å². The molecule has 0 saturated carbocycles. The SMILES string of the molecule is C[C@@H](Cc1ccccc1)c1nnc(-c2cc(Br)cn(C)c2=O)o1. The van der Waals surface area contributed by atoms with Crippen LogP contribution in [0.15, 0.2) is 56.3 Å². The zero-order valence-electron chi connectivity index (χ0n) is 12.9. The van der Waals surface area contributed by atoms with Crippen LogP contribution < -0.4 is 5.56 Å². The molecule has 0 N–H and O–H groups in total. The van der Waals surface area contributed by atoms with Gasteiger partial charge in [0.25, 0.3) is 11.4 Å². The Bertz CT molecular complexity index is 871. The summed E-state index contributed by atoms with van der Waals surface area (Å²) in [7, 11) is 1.69. The Labute approximate surface area is 142 Å². The van der Waals surface area contributed by atoms with Gasteiger partial charge in [-0.05, 0) is 34.0 Å². The van der Waals surface area contributed by atoms with Crippen molar-refractivity contribution in [1.29, 1.82) is 0 Å². The highest BCUT2D eigenvalue weighted by Gasteiger charge is 2.18. The molecule has 0 aliphatic heterocycles. The van der Waals surface area contributed by atoms with E-state index in [1.165, 1.54) is 10.1 Å². The van der Waals surface area contributed by atoms with Crippen LogP contribution in [0.5, 0.6) is 0 Å². The third-order valence-electron chi connectivity index (χ3n) is 3.63. The zero-order valence-corrected chi connectivity index (χ0v) is 14.4. The summed E-state index contributed by atoms with van der Waals surface area (Å²) in [4.78, 5) is 12.2. The zero-order chi connectivity index (χ0) is 16.4. The Morgan fingerprint density at radius 2 is 2.00 bits per heavy atom. The number of rotatable bonds is 4. The molecule has 0 radical (unpaired) electrons. The molecule has 2 aromatic heterocycles. The predicted molar refractivity (Wildman–Crippen MR) is 91.2 cm³/mol. The average Bonchev–Trinajstić information content (AvgIpc) is 3.01. The molecule has 3 rings (SSSR count). The molecule has 6 heteroatoms. The van der Waals surface area contributed by atoms with Gasteiger partial charge < -0.3 is 8.98 Å². The molecule has 23 heavy (non-hydrogen) atoms. The van der Waals surface area contributed by atoms with Gasteiger partial charge >= 0.3 is 0 Å². The maximum atomic E-state index is 12.2. The predicted octanol–water partition coefficient (Wildman–Crippen LogP) is 3.54. The summed E-state index contributed by atoms with van der Waals surface area (Å²) >= 11 is 3.37. The van der Waals surface area contributed by atoms with E-state index in [1.54, 1.807) is 19.3 Å². The van der Waals surface area contributed by atoms with Crippen molar-refractivity contribution >= 4 is 15.9 Å². The summed E-state index contributed by atoms with van der Waals surface area (Å²) in [6.45, 7) is 2.03. The first-order valence-corrected chi connectivity index (χ1v) is 8.08. The molecule has 1 aromatic carbocycles. The fourth-order valence-electron chi connectivity index (χ4n) is 2.42. The van der Waals surface area contributed by atoms with Crippen molar-refractivity contribution in [3.8, 4) is 11.5 Å². The second-order valence-corrected chi connectivity index (χ2v) is 6.44. The Hall–Kier alpha value is -2.21. The molecule has 0 aliphatic carbocycles. The number of hydrogen-bond donors (Lipinski definition) is 0. The fourth-order valence-corrected chi connectivity index (χ4v) is 2.96. The first-order chi connectivity index (χ1) is 11.0. The van der Waals surface area contributed by atoms with Crippen LogP contribution in [0.4, 0.5) is 0 Å². The molecule has 1 atom stereocenters. The number of nitrogens with zero attached hydrogens (tertiary/aromatic N) is 3. The van der Waals surface area contributed by atoms with Crippen LogP contribution in [0.2, 0.25) is 0 Å². The van der Waals surface area contributed by atoms with Crippen molar-refractivity contribution in [2.24, 2.45) is 7.05 Å². The highest BCUT2D eigenvalue weighted by molar-refractivity contribution is 9.10. The van der Waals surface area contributed by atoms with Crippen molar-refractivity contribution in [3.63, 3.8) is 0 Å². The van der Waals surface area contributed by atoms with Crippen LogP contribution in [0.3, 0.4) is 0 Å². The molecular formula is C17H16BrN3O2. The first kappa shape index (κ1) is 15.7. The Kier molecular flexibility index (Phi) is 4.43. The Morgan fingerprint density at radius 1 is 1.26 bits per heavy atom. The van der Waals surface area contributed by atoms with Crippen LogP contribution >= 0.6 is 15.9 Å². The number of aromatic nitrogens is 3. The second-order valence-electron chi connectivity index (χ2n) is 5.52. The summed E-state index contributed by atoms with van der Waals surface area (Å²) in [6.07, 6.45) is 2.50. The minimum Gasteiger partial charge on any atom is -0.420 e. The van der Waals surface area contributed by atoms with E-state index in [9.17, 15) is 4.79 Å². The van der Waals surface area contributed by atoms with Gasteiger partial charge in [0.2, 0.25) is 5.89 Å². The third kappa shape index (κ3) is 3.42. The molecule has 0 saturated heterocycles. The van der Waals surface area contributed by atoms with Crippen molar-refractivity contribution in [2.75, 3.05) is 0 Å². The topological polar surface area (TPSA) is 60.9 Å². The Balaban J connectivity index is 1.87. The van der Waals surface area contributed by atoms with Gasteiger partial charge in [0.1, 0.15) is 5.56 Å². The molecule has 3 aromatic rings. The van der Waals surface area contributed by atoms with Crippen LogP contribution in [0.1, 0.15) is 24.3 Å². The standard InChI is InChI=1S/C17H16BrN3O2/c1-11(8-12-6-4-3-5-7-12)15-19-20-16(23-15)14-9-13(18)10-21(2)17(14)22/h3-7,9-11H,8H2,1-2H3/t11-/m0/s1. The van der Waals surface area contributed by atoms with E-state index in [-0.39, 0.29) is 17.4 Å². The van der Waals surface area contributed by atoms with Crippen molar-refractivity contribution in [2.45, 2.75) is 19.3 Å². The molecule has 0 fully saturated rings. The molecule has 0 bridgehead atoms. The van der Waals surface area contributed by atoms with Gasteiger partial charge in [0, 0.05) is 23.6 Å². The molecule has 5 nitrogen and oxygen atoms in total. The monoisotopic (exact) mass is 373 g/mol. The van der Waals surface area contributed by atoms with Crippen LogP contribution in [0, 0.1) is 0 Å². The highest BCUT2D eigenvalue weighted by Crippen LogP contribution is 2.23. The van der Waals surface area contributed by atoms with E-state index in [0.29, 0.717) is 11.5 Å². The van der Waals surface area contributed by atoms with Crippen LogP contribution in [-0.2, 0) is 13.5 Å². The smallest absolute Gasteiger partial charge is 0.263 e. The minimum absolute atomic E-state index is 0.0784. The summed E-state index contributed by atoms with van der Waals surface area (Å²) in [5.74, 6) is 0.863. The number of hydrogen-bond acceptors (Lipinski definition) is 4. The van der Waals surface area contributed by atoms with Crippen molar-refractivity contribution in [1.82, 2.24) is 14.8 Å². The van der Waals surface area contributed by atoms with E-state index >= 15 is 0 Å². The second kappa shape index (κ2) is 6.50. The van der Waals surface area contributed by atoms with Gasteiger partial charge in [0.05, 0.1) is 0 Å². The quantitative estimate of drug-likeness (QED) is 0.701. The maximum absolute atomic E-state index is 12.2. The summed E-state index contributed by atoms with van der Waals surface area (Å²) in [5.41, 5.74) is 1.43. The van der Waals surface area contributed by atoms with Gasteiger partial charge in [-0.2, -0.15) is 0 Å². The molecule has 0 spiro atoms. The number of pyridine rings is 1. The molecule has 2 heterocycles. The van der Waals surface area contributed by atoms with Crippen LogP contribution in [-0.4, -0.2) is 14.8 Å². The maximum Gasteiger partial charge on any atom is 0.263 e. The molecule has 118 valence electrons. The lowest BCUT2D eigenvalue weighted by Gasteiger charge is -2.06. The summed E-state index contributed by atoms with van der Waals surface area (Å²) < 4.78 is 8.00. The molecular weight excluding hydrogens is 358 g/mol. The van der Waals surface area contributed by atoms with Gasteiger partial charge in [-0.25, -0.2) is 0 Å². The highest BCUT2D eigenvalue weighted by atomic mass is 79.9. The van der Waals surface area contributed by atoms with Gasteiger partial charge in [-0.1, -0.05) is 37.3 Å². The number of aryl methyl sites for hydroxylation is 1. The minimum atomic E-state index is -0.167. The largest absolute Gasteiger partial charge is 0.420 e. The van der Waals surface area contributed by atoms with Crippen LogP contribution in [0.25, 0.3) is 11.5 Å². The van der Waals surface area contributed by atoms with E-state index in [1.807, 2.05) is 25.1 Å². The third-order valence-corrected chi connectivity index (χ3v) is 4.06. The van der Waals surface area contributed by atoms with E-state index in [0.717, 1.165) is 10.9 Å². The molecule has 0 amide bonds. The average molecular weight is 374 g/mol. The first-order valence-electron chi connectivity index (χ1n) is 7.28. The lowest BCUT2D eigenvalue weighted by atomic mass is 10.0. The lowest BCUT2D eigenvalue weighted by Crippen LogP contribution is -2.17. The lowest BCUT2D eigenvalue weighted by molar-refractivity contribution is 0.465. The summed E-state index contributed by atoms with van der Waals surface area (Å²) in [5, 5.41) is 8.15. The van der Waals surface area contributed by atoms with E-state index < -0.39 is 0 Å². The van der Waals surface area contributed by atoms with Crippen molar-refractivity contribution in [3.05, 3.63) is 68.9 Å². The Morgan fingerprint density at radius 3 is 2.74 bits per heavy atom. The van der Waals surface area contributed by atoms with Crippen molar-refractivity contribution < 1.29 is 4.42 Å². The number of halogens is 1. The van der Waals surface area contributed by atoms with E-state index in [4.69, 9.17) is 4.42 Å². The van der Waals surface area contributed by atoms with Gasteiger partial charge in [-0.3, -0.25) is 4.79 Å². The van der Waals surface area contributed by atoms with E-state index in [2.05, 4.69) is 38.3 Å². The van der Waals surface area contributed by atoms with Gasteiger partial charge in [-0.15, -0.1) is 10.2 Å². The normalized spacial score (nSPS) is 12.3. The number of benzene rings is 1. The molecule has 0 aliphatic rings. The summed E-state index contributed by atoms with van der Waals surface area (Å²) in [6, 6.07) is 11.8.